The van der Waals surface area contributed by atoms with Crippen molar-refractivity contribution in [1.82, 2.24) is 20.4 Å². The van der Waals surface area contributed by atoms with Crippen LogP contribution in [0.25, 0.3) is 11.5 Å². The van der Waals surface area contributed by atoms with Gasteiger partial charge in [-0.1, -0.05) is 18.2 Å². The number of amides is 1. The molecule has 32 heavy (non-hydrogen) atoms. The van der Waals surface area contributed by atoms with Crippen molar-refractivity contribution in [2.75, 3.05) is 39.5 Å². The third kappa shape index (κ3) is 8.01. The quantitative estimate of drug-likeness (QED) is 0.389. The number of para-hydroxylation sites is 1. The van der Waals surface area contributed by atoms with Crippen LogP contribution in [0.1, 0.15) is 29.1 Å². The Balaban J connectivity index is 1.37. The Morgan fingerprint density at radius 2 is 1.84 bits per heavy atom. The second-order valence-corrected chi connectivity index (χ2v) is 8.66. The molecule has 8 heteroatoms. The van der Waals surface area contributed by atoms with Crippen LogP contribution >= 0.6 is 11.8 Å². The first kappa shape index (κ1) is 23.8. The van der Waals surface area contributed by atoms with Crippen molar-refractivity contribution >= 4 is 17.7 Å². The summed E-state index contributed by atoms with van der Waals surface area (Å²) in [5.41, 5.74) is 1.42. The summed E-state index contributed by atoms with van der Waals surface area (Å²) in [7, 11) is 4.04. The van der Waals surface area contributed by atoms with Crippen molar-refractivity contribution in [3.05, 3.63) is 66.1 Å². The fourth-order valence-corrected chi connectivity index (χ4v) is 3.68. The van der Waals surface area contributed by atoms with Crippen LogP contribution in [-0.2, 0) is 5.75 Å². The summed E-state index contributed by atoms with van der Waals surface area (Å²) in [5.74, 6) is 3.48. The van der Waals surface area contributed by atoms with E-state index in [4.69, 9.17) is 9.15 Å². The van der Waals surface area contributed by atoms with Gasteiger partial charge in [0.2, 0.25) is 11.8 Å². The summed E-state index contributed by atoms with van der Waals surface area (Å²) in [5, 5.41) is 11.2. The van der Waals surface area contributed by atoms with Gasteiger partial charge >= 0.3 is 0 Å². The van der Waals surface area contributed by atoms with Crippen LogP contribution < -0.4 is 10.1 Å². The Hall–Kier alpha value is -2.84. The minimum Gasteiger partial charge on any atom is -0.494 e. The molecule has 0 fully saturated rings. The van der Waals surface area contributed by atoms with Crippen molar-refractivity contribution in [1.29, 1.82) is 0 Å². The molecule has 0 bridgehead atoms. The number of ether oxygens (including phenoxy) is 1. The van der Waals surface area contributed by atoms with Crippen LogP contribution in [0.4, 0.5) is 0 Å². The first-order chi connectivity index (χ1) is 15.6. The molecule has 0 saturated heterocycles. The van der Waals surface area contributed by atoms with Crippen molar-refractivity contribution in [2.45, 2.75) is 18.6 Å². The summed E-state index contributed by atoms with van der Waals surface area (Å²) in [6.07, 6.45) is 1.86. The average Bonchev–Trinajstić information content (AvgIpc) is 3.28. The first-order valence-corrected chi connectivity index (χ1v) is 11.9. The number of carbonyl (C=O) groups is 1. The number of benzene rings is 2. The number of carbonyl (C=O) groups excluding carboxylic acids is 1. The number of rotatable bonds is 13. The maximum absolute atomic E-state index is 12.2. The Labute approximate surface area is 193 Å². The van der Waals surface area contributed by atoms with Crippen molar-refractivity contribution in [2.24, 2.45) is 0 Å². The minimum absolute atomic E-state index is 0.0748. The second-order valence-electron chi connectivity index (χ2n) is 7.56. The van der Waals surface area contributed by atoms with Crippen LogP contribution in [0.15, 0.2) is 59.0 Å². The van der Waals surface area contributed by atoms with E-state index < -0.39 is 0 Å². The fraction of sp³-hybridized carbons (Fsp3) is 0.375. The third-order valence-electron chi connectivity index (χ3n) is 4.60. The summed E-state index contributed by atoms with van der Waals surface area (Å²) in [6.45, 7) is 2.28. The number of aromatic nitrogens is 2. The van der Waals surface area contributed by atoms with Gasteiger partial charge in [-0.3, -0.25) is 4.79 Å². The van der Waals surface area contributed by atoms with E-state index in [-0.39, 0.29) is 5.91 Å². The van der Waals surface area contributed by atoms with E-state index in [2.05, 4.69) is 20.4 Å². The molecule has 0 unspecified atom stereocenters. The van der Waals surface area contributed by atoms with E-state index in [0.717, 1.165) is 36.5 Å². The van der Waals surface area contributed by atoms with Gasteiger partial charge in [0.05, 0.1) is 12.4 Å². The zero-order chi connectivity index (χ0) is 22.6. The lowest BCUT2D eigenvalue weighted by molar-refractivity contribution is 0.0952. The molecule has 7 nitrogen and oxygen atoms in total. The smallest absolute Gasteiger partial charge is 0.251 e. The molecule has 1 N–H and O–H groups in total. The lowest BCUT2D eigenvalue weighted by Crippen LogP contribution is -2.27. The van der Waals surface area contributed by atoms with Crippen molar-refractivity contribution in [3.63, 3.8) is 0 Å². The van der Waals surface area contributed by atoms with Gasteiger partial charge in [-0.2, -0.15) is 11.8 Å². The SMILES string of the molecule is CN(C)CCCNC(=O)c1ccc(-c2nnc(CSCCCOc3ccccc3)o2)cc1. The zero-order valence-electron chi connectivity index (χ0n) is 18.6. The molecule has 0 spiro atoms. The van der Waals surface area contributed by atoms with E-state index in [9.17, 15) is 4.79 Å². The van der Waals surface area contributed by atoms with Crippen LogP contribution in [-0.4, -0.2) is 60.5 Å². The molecule has 2 aromatic carbocycles. The normalized spacial score (nSPS) is 11.0. The largest absolute Gasteiger partial charge is 0.494 e. The molecule has 3 aromatic rings. The molecule has 170 valence electrons. The molecule has 3 rings (SSSR count). The molecule has 0 radical (unpaired) electrons. The van der Waals surface area contributed by atoms with Gasteiger partial charge in [-0.05, 0) is 75.6 Å². The maximum Gasteiger partial charge on any atom is 0.251 e. The highest BCUT2D eigenvalue weighted by Crippen LogP contribution is 2.21. The molecule has 0 saturated carbocycles. The highest BCUT2D eigenvalue weighted by molar-refractivity contribution is 7.98. The van der Waals surface area contributed by atoms with Crippen LogP contribution in [0, 0.1) is 0 Å². The monoisotopic (exact) mass is 454 g/mol. The maximum atomic E-state index is 12.2. The van der Waals surface area contributed by atoms with Crippen LogP contribution in [0.5, 0.6) is 5.75 Å². The van der Waals surface area contributed by atoms with E-state index >= 15 is 0 Å². The van der Waals surface area contributed by atoms with Gasteiger partial charge in [-0.15, -0.1) is 10.2 Å². The molecule has 0 aliphatic heterocycles. The molecule has 0 atom stereocenters. The average molecular weight is 455 g/mol. The molecular weight excluding hydrogens is 424 g/mol. The summed E-state index contributed by atoms with van der Waals surface area (Å²) < 4.78 is 11.5. The zero-order valence-corrected chi connectivity index (χ0v) is 19.4. The lowest BCUT2D eigenvalue weighted by atomic mass is 10.1. The molecule has 1 amide bonds. The van der Waals surface area contributed by atoms with E-state index in [0.29, 0.717) is 36.2 Å². The highest BCUT2D eigenvalue weighted by Gasteiger charge is 2.10. The first-order valence-electron chi connectivity index (χ1n) is 10.7. The number of hydrogen-bond acceptors (Lipinski definition) is 7. The number of nitrogens with zero attached hydrogens (tertiary/aromatic N) is 3. The van der Waals surface area contributed by atoms with E-state index in [1.807, 2.05) is 56.6 Å². The van der Waals surface area contributed by atoms with E-state index in [1.54, 1.807) is 23.9 Å². The summed E-state index contributed by atoms with van der Waals surface area (Å²) in [4.78, 5) is 14.3. The second kappa shape index (κ2) is 12.9. The summed E-state index contributed by atoms with van der Waals surface area (Å²) in [6, 6.07) is 17.0. The Morgan fingerprint density at radius 3 is 2.59 bits per heavy atom. The van der Waals surface area contributed by atoms with Crippen molar-refractivity contribution in [3.8, 4) is 17.2 Å². The van der Waals surface area contributed by atoms with Gasteiger partial charge < -0.3 is 19.4 Å². The van der Waals surface area contributed by atoms with Gasteiger partial charge in [0.15, 0.2) is 0 Å². The Morgan fingerprint density at radius 1 is 1.06 bits per heavy atom. The van der Waals surface area contributed by atoms with E-state index in [1.165, 1.54) is 0 Å². The predicted octanol–water partition coefficient (Wildman–Crippen LogP) is 4.12. The highest BCUT2D eigenvalue weighted by atomic mass is 32.2. The fourth-order valence-electron chi connectivity index (χ4n) is 2.92. The molecule has 1 heterocycles. The van der Waals surface area contributed by atoms with Gasteiger partial charge in [0.25, 0.3) is 5.91 Å². The molecule has 1 aromatic heterocycles. The predicted molar refractivity (Wildman–Crippen MR) is 128 cm³/mol. The standard InChI is InChI=1S/C24H30N4O3S/c1-28(2)15-6-14-25-23(29)19-10-12-20(13-11-19)24-27-26-22(31-24)18-32-17-7-16-30-21-8-4-3-5-9-21/h3-5,8-13H,6-7,14-18H2,1-2H3,(H,25,29). The minimum atomic E-state index is -0.0748. The van der Waals surface area contributed by atoms with Gasteiger partial charge in [0, 0.05) is 17.7 Å². The number of nitrogens with one attached hydrogen (secondary N) is 1. The summed E-state index contributed by atoms with van der Waals surface area (Å²) >= 11 is 1.74. The molecular formula is C24H30N4O3S. The number of hydrogen-bond donors (Lipinski definition) is 1. The van der Waals surface area contributed by atoms with Crippen LogP contribution in [0.2, 0.25) is 0 Å². The van der Waals surface area contributed by atoms with Gasteiger partial charge in [-0.25, -0.2) is 0 Å². The van der Waals surface area contributed by atoms with Crippen molar-refractivity contribution < 1.29 is 13.9 Å². The Bertz CT molecular complexity index is 945. The molecule has 0 aliphatic rings. The topological polar surface area (TPSA) is 80.5 Å². The van der Waals surface area contributed by atoms with Gasteiger partial charge in [0.1, 0.15) is 5.75 Å². The number of thioether (sulfide) groups is 1. The Kier molecular flexibility index (Phi) is 9.59. The van der Waals surface area contributed by atoms with Crippen LogP contribution in [0.3, 0.4) is 0 Å². The molecule has 0 aliphatic carbocycles. The third-order valence-corrected chi connectivity index (χ3v) is 5.63. The lowest BCUT2D eigenvalue weighted by Gasteiger charge is -2.10.